The van der Waals surface area contributed by atoms with Gasteiger partial charge in [-0.15, -0.1) is 0 Å². The van der Waals surface area contributed by atoms with E-state index in [-0.39, 0.29) is 11.3 Å². The van der Waals surface area contributed by atoms with E-state index in [1.807, 2.05) is 6.92 Å². The predicted octanol–water partition coefficient (Wildman–Crippen LogP) is 2.77. The van der Waals surface area contributed by atoms with Crippen LogP contribution in [0.3, 0.4) is 0 Å². The molecule has 2 saturated heterocycles. The van der Waals surface area contributed by atoms with Crippen molar-refractivity contribution in [2.24, 2.45) is 0 Å². The highest BCUT2D eigenvalue weighted by Gasteiger charge is 2.47. The summed E-state index contributed by atoms with van der Waals surface area (Å²) in [4.78, 5) is 30.4. The Morgan fingerprint density at radius 3 is 2.36 bits per heavy atom. The van der Waals surface area contributed by atoms with Gasteiger partial charge in [-0.05, 0) is 36.8 Å². The van der Waals surface area contributed by atoms with Crippen LogP contribution in [-0.4, -0.2) is 87.3 Å². The van der Waals surface area contributed by atoms with Gasteiger partial charge in [0.2, 0.25) is 0 Å². The number of benzene rings is 2. The van der Waals surface area contributed by atoms with Gasteiger partial charge in [-0.2, -0.15) is 0 Å². The third-order valence-electron chi connectivity index (χ3n) is 6.70. The molecular formula is C27H32N2O7. The number of rotatable bonds is 8. The minimum Gasteiger partial charge on any atom is -0.507 e. The standard InChI is InChI=1S/C27H32N2O7/c1-17-16-18(8-9-20(17)33-2)24(30)22-23(19-6-5-7-21(34-3)26(19)35-4)29(27(32)25(22)31)11-10-28-12-14-36-15-13-28/h5-9,16,23,30H,10-15H2,1-4H3/t23-/m1/s1. The van der Waals surface area contributed by atoms with Gasteiger partial charge in [-0.1, -0.05) is 12.1 Å². The van der Waals surface area contributed by atoms with Crippen LogP contribution in [0.4, 0.5) is 0 Å². The summed E-state index contributed by atoms with van der Waals surface area (Å²) in [6, 6.07) is 9.58. The average Bonchev–Trinajstić information content (AvgIpc) is 3.16. The van der Waals surface area contributed by atoms with Gasteiger partial charge in [0.25, 0.3) is 11.7 Å². The Kier molecular flexibility index (Phi) is 7.81. The number of methoxy groups -OCH3 is 3. The number of Topliss-reactive ketones (excluding diaryl/α,β-unsaturated/α-hetero) is 1. The second-order valence-corrected chi connectivity index (χ2v) is 8.71. The number of carbonyl (C=O) groups is 2. The molecule has 36 heavy (non-hydrogen) atoms. The summed E-state index contributed by atoms with van der Waals surface area (Å²) in [6.45, 7) is 5.48. The second kappa shape index (κ2) is 11.0. The molecule has 9 heteroatoms. The molecule has 2 heterocycles. The van der Waals surface area contributed by atoms with E-state index in [0.29, 0.717) is 54.7 Å². The Labute approximate surface area is 210 Å². The lowest BCUT2D eigenvalue weighted by Crippen LogP contribution is -2.42. The van der Waals surface area contributed by atoms with Crippen LogP contribution in [0.15, 0.2) is 42.0 Å². The zero-order chi connectivity index (χ0) is 25.8. The van der Waals surface area contributed by atoms with Crippen molar-refractivity contribution in [3.05, 3.63) is 58.7 Å². The Hall–Kier alpha value is -3.56. The highest BCUT2D eigenvalue weighted by atomic mass is 16.5. The molecule has 1 N–H and O–H groups in total. The van der Waals surface area contributed by atoms with E-state index in [0.717, 1.165) is 18.7 Å². The fourth-order valence-electron chi connectivity index (χ4n) is 4.82. The van der Waals surface area contributed by atoms with Gasteiger partial charge in [0.05, 0.1) is 46.2 Å². The molecule has 0 aliphatic carbocycles. The van der Waals surface area contributed by atoms with Crippen molar-refractivity contribution in [1.29, 1.82) is 0 Å². The number of aliphatic hydroxyl groups is 1. The summed E-state index contributed by atoms with van der Waals surface area (Å²) in [5.74, 6) is -0.122. The first kappa shape index (κ1) is 25.5. The minimum absolute atomic E-state index is 0.0121. The molecular weight excluding hydrogens is 464 g/mol. The molecule has 2 aromatic carbocycles. The van der Waals surface area contributed by atoms with Crippen molar-refractivity contribution in [3.8, 4) is 17.2 Å². The summed E-state index contributed by atoms with van der Waals surface area (Å²) in [5.41, 5.74) is 1.79. The molecule has 0 spiro atoms. The lowest BCUT2D eigenvalue weighted by Gasteiger charge is -2.31. The molecule has 0 bridgehead atoms. The lowest BCUT2D eigenvalue weighted by molar-refractivity contribution is -0.140. The molecule has 192 valence electrons. The lowest BCUT2D eigenvalue weighted by atomic mass is 9.94. The van der Waals surface area contributed by atoms with Crippen LogP contribution in [-0.2, 0) is 14.3 Å². The van der Waals surface area contributed by atoms with Gasteiger partial charge < -0.3 is 29.0 Å². The van der Waals surface area contributed by atoms with E-state index < -0.39 is 17.7 Å². The van der Waals surface area contributed by atoms with Crippen molar-refractivity contribution in [2.45, 2.75) is 13.0 Å². The third-order valence-corrected chi connectivity index (χ3v) is 6.70. The normalized spacial score (nSPS) is 20.0. The van der Waals surface area contributed by atoms with Crippen LogP contribution in [0.2, 0.25) is 0 Å². The van der Waals surface area contributed by atoms with E-state index >= 15 is 0 Å². The maximum Gasteiger partial charge on any atom is 0.295 e. The Morgan fingerprint density at radius 1 is 1.00 bits per heavy atom. The molecule has 9 nitrogen and oxygen atoms in total. The van der Waals surface area contributed by atoms with E-state index in [2.05, 4.69) is 4.90 Å². The van der Waals surface area contributed by atoms with Crippen LogP contribution < -0.4 is 14.2 Å². The topological polar surface area (TPSA) is 97.8 Å². The van der Waals surface area contributed by atoms with Crippen LogP contribution >= 0.6 is 0 Å². The Morgan fingerprint density at radius 2 is 1.72 bits per heavy atom. The second-order valence-electron chi connectivity index (χ2n) is 8.71. The van der Waals surface area contributed by atoms with Gasteiger partial charge in [0, 0.05) is 37.3 Å². The largest absolute Gasteiger partial charge is 0.507 e. The number of likely N-dealkylation sites (tertiary alicyclic amines) is 1. The molecule has 0 unspecified atom stereocenters. The summed E-state index contributed by atoms with van der Waals surface area (Å²) >= 11 is 0. The maximum atomic E-state index is 13.4. The number of aliphatic hydroxyl groups excluding tert-OH is 1. The van der Waals surface area contributed by atoms with Crippen LogP contribution in [0.5, 0.6) is 17.2 Å². The van der Waals surface area contributed by atoms with E-state index in [9.17, 15) is 14.7 Å². The van der Waals surface area contributed by atoms with Gasteiger partial charge in [0.1, 0.15) is 11.5 Å². The molecule has 0 radical (unpaired) electrons. The summed E-state index contributed by atoms with van der Waals surface area (Å²) in [7, 11) is 4.60. The van der Waals surface area contributed by atoms with Gasteiger partial charge in [-0.25, -0.2) is 0 Å². The van der Waals surface area contributed by atoms with Crippen LogP contribution in [0.1, 0.15) is 22.7 Å². The molecule has 0 aromatic heterocycles. The zero-order valence-electron chi connectivity index (χ0n) is 21.1. The molecule has 2 aliphatic heterocycles. The van der Waals surface area contributed by atoms with E-state index in [1.54, 1.807) is 43.5 Å². The number of nitrogens with zero attached hydrogens (tertiary/aromatic N) is 2. The summed E-state index contributed by atoms with van der Waals surface area (Å²) in [6.07, 6.45) is 0. The van der Waals surface area contributed by atoms with Gasteiger partial charge in [-0.3, -0.25) is 14.5 Å². The van der Waals surface area contributed by atoms with Crippen molar-refractivity contribution in [1.82, 2.24) is 9.80 Å². The SMILES string of the molecule is COc1ccc(C(O)=C2C(=O)C(=O)N(CCN3CCOCC3)[C@@H]2c2cccc(OC)c2OC)cc1C. The predicted molar refractivity (Wildman–Crippen MR) is 134 cm³/mol. The zero-order valence-corrected chi connectivity index (χ0v) is 21.1. The van der Waals surface area contributed by atoms with Crippen molar-refractivity contribution in [3.63, 3.8) is 0 Å². The maximum absolute atomic E-state index is 13.4. The smallest absolute Gasteiger partial charge is 0.295 e. The molecule has 0 saturated carbocycles. The van der Waals surface area contributed by atoms with E-state index in [4.69, 9.17) is 18.9 Å². The van der Waals surface area contributed by atoms with Crippen molar-refractivity contribution in [2.75, 3.05) is 60.7 Å². The molecule has 2 aliphatic rings. The molecule has 2 aromatic rings. The quantitative estimate of drug-likeness (QED) is 0.339. The summed E-state index contributed by atoms with van der Waals surface area (Å²) < 4.78 is 21.9. The first-order valence-corrected chi connectivity index (χ1v) is 11.9. The first-order chi connectivity index (χ1) is 17.4. The fraction of sp³-hybridized carbons (Fsp3) is 0.407. The number of morpholine rings is 1. The number of ketones is 1. The molecule has 1 amide bonds. The van der Waals surface area contributed by atoms with Crippen molar-refractivity contribution < 1.29 is 33.6 Å². The van der Waals surface area contributed by atoms with Gasteiger partial charge in [0.15, 0.2) is 11.5 Å². The molecule has 4 rings (SSSR count). The molecule has 1 atom stereocenters. The Balaban J connectivity index is 1.83. The summed E-state index contributed by atoms with van der Waals surface area (Å²) in [5, 5.41) is 11.4. The monoisotopic (exact) mass is 496 g/mol. The highest BCUT2D eigenvalue weighted by molar-refractivity contribution is 6.46. The number of ether oxygens (including phenoxy) is 4. The third kappa shape index (κ3) is 4.76. The van der Waals surface area contributed by atoms with Crippen molar-refractivity contribution >= 4 is 17.4 Å². The molecule has 2 fully saturated rings. The fourth-order valence-corrected chi connectivity index (χ4v) is 4.82. The van der Waals surface area contributed by atoms with E-state index in [1.165, 1.54) is 19.1 Å². The highest BCUT2D eigenvalue weighted by Crippen LogP contribution is 2.45. The number of hydrogen-bond donors (Lipinski definition) is 1. The number of aryl methyl sites for hydroxylation is 1. The Bertz CT molecular complexity index is 1170. The minimum atomic E-state index is -0.849. The average molecular weight is 497 g/mol. The van der Waals surface area contributed by atoms with Crippen LogP contribution in [0.25, 0.3) is 5.76 Å². The number of para-hydroxylation sites is 1. The number of carbonyl (C=O) groups excluding carboxylic acids is 2. The number of hydrogen-bond acceptors (Lipinski definition) is 8. The first-order valence-electron chi connectivity index (χ1n) is 11.9. The van der Waals surface area contributed by atoms with Gasteiger partial charge >= 0.3 is 0 Å². The van der Waals surface area contributed by atoms with Crippen LogP contribution in [0, 0.1) is 6.92 Å². The number of amides is 1.